The van der Waals surface area contributed by atoms with E-state index < -0.39 is 5.91 Å². The number of halogens is 1. The molecule has 23 heavy (non-hydrogen) atoms. The fourth-order valence-corrected chi connectivity index (χ4v) is 1.94. The van der Waals surface area contributed by atoms with Crippen molar-refractivity contribution in [2.45, 2.75) is 6.54 Å². The number of ether oxygens (including phenoxy) is 1. The van der Waals surface area contributed by atoms with Gasteiger partial charge in [-0.25, -0.2) is 0 Å². The quantitative estimate of drug-likeness (QED) is 0.627. The molecule has 0 aliphatic rings. The normalized spacial score (nSPS) is 10.7. The predicted molar refractivity (Wildman–Crippen MR) is 85.9 cm³/mol. The van der Waals surface area contributed by atoms with E-state index in [0.717, 1.165) is 0 Å². The van der Waals surface area contributed by atoms with Crippen LogP contribution >= 0.6 is 11.6 Å². The van der Waals surface area contributed by atoms with Crippen molar-refractivity contribution in [3.8, 4) is 11.8 Å². The van der Waals surface area contributed by atoms with Gasteiger partial charge >= 0.3 is 0 Å². The Kier molecular flexibility index (Phi) is 5.67. The van der Waals surface area contributed by atoms with Gasteiger partial charge in [-0.05, 0) is 30.3 Å². The average Bonchev–Trinajstić information content (AvgIpc) is 3.07. The summed E-state index contributed by atoms with van der Waals surface area (Å²) in [6.45, 7) is 0.200. The summed E-state index contributed by atoms with van der Waals surface area (Å²) in [6.07, 6.45) is 2.81. The summed E-state index contributed by atoms with van der Waals surface area (Å²) in [5.74, 6) is 0.622. The van der Waals surface area contributed by atoms with Crippen molar-refractivity contribution in [1.29, 1.82) is 5.26 Å². The maximum Gasteiger partial charge on any atom is 0.263 e. The van der Waals surface area contributed by atoms with Gasteiger partial charge in [0, 0.05) is 11.2 Å². The third-order valence-electron chi connectivity index (χ3n) is 2.90. The van der Waals surface area contributed by atoms with E-state index in [9.17, 15) is 4.79 Å². The summed E-state index contributed by atoms with van der Waals surface area (Å²) in [5, 5.41) is 15.1. The van der Waals surface area contributed by atoms with E-state index in [-0.39, 0.29) is 12.1 Å². The molecule has 7 heteroatoms. The number of carbonyl (C=O) groups excluding carboxylic acids is 1. The molecule has 0 spiro atoms. The highest BCUT2D eigenvalue weighted by molar-refractivity contribution is 6.30. The third kappa shape index (κ3) is 4.53. The van der Waals surface area contributed by atoms with Crippen LogP contribution < -0.4 is 15.4 Å². The molecule has 0 bridgehead atoms. The van der Waals surface area contributed by atoms with E-state index in [2.05, 4.69) is 10.6 Å². The fourth-order valence-electron chi connectivity index (χ4n) is 1.77. The number of furan rings is 1. The highest BCUT2D eigenvalue weighted by Gasteiger charge is 2.10. The molecule has 0 radical (unpaired) electrons. The Hall–Kier alpha value is -2.91. The largest absolute Gasteiger partial charge is 0.495 e. The Balaban J connectivity index is 2.05. The lowest BCUT2D eigenvalue weighted by atomic mass is 10.2. The second kappa shape index (κ2) is 7.92. The molecular formula is C16H14ClN3O3. The van der Waals surface area contributed by atoms with Gasteiger partial charge in [-0.1, -0.05) is 11.6 Å². The van der Waals surface area contributed by atoms with Crippen molar-refractivity contribution < 1.29 is 13.9 Å². The van der Waals surface area contributed by atoms with Crippen molar-refractivity contribution in [3.05, 3.63) is 59.2 Å². The Bertz CT molecular complexity index is 748. The molecule has 0 saturated carbocycles. The van der Waals surface area contributed by atoms with Crippen LogP contribution in [0.2, 0.25) is 5.02 Å². The van der Waals surface area contributed by atoms with Crippen LogP contribution in [0.15, 0.2) is 52.8 Å². The smallest absolute Gasteiger partial charge is 0.263 e. The topological polar surface area (TPSA) is 87.3 Å². The monoisotopic (exact) mass is 331 g/mol. The highest BCUT2D eigenvalue weighted by Crippen LogP contribution is 2.27. The number of nitrogens with one attached hydrogen (secondary N) is 2. The van der Waals surface area contributed by atoms with Crippen molar-refractivity contribution in [2.75, 3.05) is 12.4 Å². The van der Waals surface area contributed by atoms with Crippen LogP contribution in [0.25, 0.3) is 0 Å². The summed E-state index contributed by atoms with van der Waals surface area (Å²) in [5.41, 5.74) is 0.463. The van der Waals surface area contributed by atoms with Crippen LogP contribution in [-0.2, 0) is 11.3 Å². The first-order chi connectivity index (χ1) is 11.1. The van der Waals surface area contributed by atoms with E-state index in [0.29, 0.717) is 22.2 Å². The standard InChI is InChI=1S/C16H14ClN3O3/c1-22-15-5-4-12(17)7-14(15)19-9-11(8-18)16(21)20-10-13-3-2-6-23-13/h2-7,9,19H,10H2,1H3,(H,20,21). The Morgan fingerprint density at radius 2 is 2.30 bits per heavy atom. The molecule has 0 atom stereocenters. The van der Waals surface area contributed by atoms with Gasteiger partial charge in [0.05, 0.1) is 25.6 Å². The van der Waals surface area contributed by atoms with Crippen LogP contribution in [0.1, 0.15) is 5.76 Å². The molecule has 0 saturated heterocycles. The van der Waals surface area contributed by atoms with Gasteiger partial charge in [0.25, 0.3) is 5.91 Å². The Labute approximate surface area is 138 Å². The molecule has 1 aromatic heterocycles. The van der Waals surface area contributed by atoms with Gasteiger partial charge in [-0.2, -0.15) is 5.26 Å². The SMILES string of the molecule is COc1ccc(Cl)cc1NC=C(C#N)C(=O)NCc1ccco1. The first-order valence-corrected chi connectivity index (χ1v) is 7.02. The van der Waals surface area contributed by atoms with Crippen LogP contribution in [0, 0.1) is 11.3 Å². The molecule has 1 amide bonds. The number of benzene rings is 1. The zero-order valence-corrected chi connectivity index (χ0v) is 13.1. The number of methoxy groups -OCH3 is 1. The molecule has 2 N–H and O–H groups in total. The number of rotatable bonds is 6. The lowest BCUT2D eigenvalue weighted by molar-refractivity contribution is -0.117. The highest BCUT2D eigenvalue weighted by atomic mass is 35.5. The van der Waals surface area contributed by atoms with Gasteiger partial charge in [-0.15, -0.1) is 0 Å². The second-order valence-electron chi connectivity index (χ2n) is 4.42. The molecule has 0 unspecified atom stereocenters. The van der Waals surface area contributed by atoms with E-state index in [1.165, 1.54) is 19.6 Å². The maximum atomic E-state index is 12.0. The number of hydrogen-bond donors (Lipinski definition) is 2. The predicted octanol–water partition coefficient (Wildman–Crippen LogP) is 3.08. The number of carbonyl (C=O) groups is 1. The zero-order chi connectivity index (χ0) is 16.7. The zero-order valence-electron chi connectivity index (χ0n) is 12.3. The summed E-state index contributed by atoms with van der Waals surface area (Å²) >= 11 is 5.92. The van der Waals surface area contributed by atoms with Crippen molar-refractivity contribution in [1.82, 2.24) is 5.32 Å². The molecule has 118 valence electrons. The molecule has 1 aromatic carbocycles. The molecule has 2 rings (SSSR count). The van der Waals surface area contributed by atoms with Crippen molar-refractivity contribution >= 4 is 23.2 Å². The summed E-state index contributed by atoms with van der Waals surface area (Å²) < 4.78 is 10.3. The number of nitrogens with zero attached hydrogens (tertiary/aromatic N) is 1. The van der Waals surface area contributed by atoms with Crippen LogP contribution in [0.4, 0.5) is 5.69 Å². The molecule has 0 aliphatic carbocycles. The summed E-state index contributed by atoms with van der Waals surface area (Å²) in [6, 6.07) is 10.3. The Morgan fingerprint density at radius 1 is 1.48 bits per heavy atom. The third-order valence-corrected chi connectivity index (χ3v) is 3.14. The first kappa shape index (κ1) is 16.5. The van der Waals surface area contributed by atoms with E-state index in [1.807, 2.05) is 6.07 Å². The molecule has 0 aliphatic heterocycles. The van der Waals surface area contributed by atoms with Crippen molar-refractivity contribution in [2.24, 2.45) is 0 Å². The Morgan fingerprint density at radius 3 is 2.96 bits per heavy atom. The van der Waals surface area contributed by atoms with Gasteiger partial charge in [0.15, 0.2) is 0 Å². The molecule has 0 fully saturated rings. The first-order valence-electron chi connectivity index (χ1n) is 6.65. The summed E-state index contributed by atoms with van der Waals surface area (Å²) in [7, 11) is 1.51. The second-order valence-corrected chi connectivity index (χ2v) is 4.86. The minimum atomic E-state index is -0.516. The van der Waals surface area contributed by atoms with E-state index in [1.54, 1.807) is 30.3 Å². The lowest BCUT2D eigenvalue weighted by Crippen LogP contribution is -2.24. The average molecular weight is 332 g/mol. The van der Waals surface area contributed by atoms with E-state index >= 15 is 0 Å². The van der Waals surface area contributed by atoms with Gasteiger partial charge in [-0.3, -0.25) is 4.79 Å². The molecule has 1 heterocycles. The summed E-state index contributed by atoms with van der Waals surface area (Å²) in [4.78, 5) is 12.0. The molecule has 2 aromatic rings. The fraction of sp³-hybridized carbons (Fsp3) is 0.125. The van der Waals surface area contributed by atoms with Crippen LogP contribution in [0.3, 0.4) is 0 Å². The van der Waals surface area contributed by atoms with Gasteiger partial charge in [0.2, 0.25) is 0 Å². The molecule has 6 nitrogen and oxygen atoms in total. The number of anilines is 1. The lowest BCUT2D eigenvalue weighted by Gasteiger charge is -2.09. The minimum absolute atomic E-state index is 0.0846. The van der Waals surface area contributed by atoms with Crippen LogP contribution in [-0.4, -0.2) is 13.0 Å². The van der Waals surface area contributed by atoms with Gasteiger partial charge in [0.1, 0.15) is 23.2 Å². The van der Waals surface area contributed by atoms with E-state index in [4.69, 9.17) is 26.0 Å². The van der Waals surface area contributed by atoms with Gasteiger partial charge < -0.3 is 19.8 Å². The number of amides is 1. The van der Waals surface area contributed by atoms with Crippen LogP contribution in [0.5, 0.6) is 5.75 Å². The minimum Gasteiger partial charge on any atom is -0.495 e. The number of hydrogen-bond acceptors (Lipinski definition) is 5. The molecular weight excluding hydrogens is 318 g/mol. The van der Waals surface area contributed by atoms with Crippen molar-refractivity contribution in [3.63, 3.8) is 0 Å². The maximum absolute atomic E-state index is 12.0. The number of nitriles is 1.